The molecular weight excluding hydrogens is 193 g/mol. The number of halogens is 1. The highest BCUT2D eigenvalue weighted by Gasteiger charge is 2.10. The van der Waals surface area contributed by atoms with Crippen LogP contribution in [0.1, 0.15) is 0 Å². The SMILES string of the molecule is Fc1cccc2[nH]cc(-c3cn[nH]c3)c12. The largest absolute Gasteiger partial charge is 0.360 e. The van der Waals surface area contributed by atoms with Gasteiger partial charge >= 0.3 is 0 Å². The third-order valence-corrected chi connectivity index (χ3v) is 2.46. The lowest BCUT2D eigenvalue weighted by molar-refractivity contribution is 0.640. The minimum absolute atomic E-state index is 0.218. The van der Waals surface area contributed by atoms with Gasteiger partial charge in [0, 0.05) is 34.4 Å². The van der Waals surface area contributed by atoms with Crippen LogP contribution in [0.5, 0.6) is 0 Å². The van der Waals surface area contributed by atoms with Crippen LogP contribution in [0.4, 0.5) is 4.39 Å². The maximum atomic E-state index is 13.6. The fourth-order valence-electron chi connectivity index (χ4n) is 1.77. The summed E-state index contributed by atoms with van der Waals surface area (Å²) in [5.41, 5.74) is 2.51. The fraction of sp³-hybridized carbons (Fsp3) is 0. The van der Waals surface area contributed by atoms with Crippen LogP contribution in [-0.4, -0.2) is 15.2 Å². The van der Waals surface area contributed by atoms with Gasteiger partial charge in [0.05, 0.1) is 6.20 Å². The van der Waals surface area contributed by atoms with Crippen molar-refractivity contribution in [2.24, 2.45) is 0 Å². The number of hydrogen-bond donors (Lipinski definition) is 2. The van der Waals surface area contributed by atoms with E-state index in [-0.39, 0.29) is 5.82 Å². The molecule has 1 aromatic carbocycles. The summed E-state index contributed by atoms with van der Waals surface area (Å²) in [6, 6.07) is 5.00. The summed E-state index contributed by atoms with van der Waals surface area (Å²) in [7, 11) is 0. The molecule has 0 bridgehead atoms. The zero-order valence-electron chi connectivity index (χ0n) is 7.79. The normalized spacial score (nSPS) is 11.0. The summed E-state index contributed by atoms with van der Waals surface area (Å²) in [4.78, 5) is 3.04. The highest BCUT2D eigenvalue weighted by molar-refractivity contribution is 5.95. The molecule has 0 saturated carbocycles. The molecule has 0 aliphatic heterocycles. The average Bonchev–Trinajstić information content (AvgIpc) is 2.85. The molecule has 3 aromatic rings. The zero-order chi connectivity index (χ0) is 10.3. The van der Waals surface area contributed by atoms with Crippen molar-refractivity contribution < 1.29 is 4.39 Å². The molecule has 0 spiro atoms. The van der Waals surface area contributed by atoms with Gasteiger partial charge in [-0.2, -0.15) is 5.10 Å². The molecule has 3 rings (SSSR count). The maximum Gasteiger partial charge on any atom is 0.133 e. The van der Waals surface area contributed by atoms with Crippen molar-refractivity contribution in [2.75, 3.05) is 0 Å². The van der Waals surface area contributed by atoms with E-state index in [1.54, 1.807) is 24.7 Å². The molecule has 2 N–H and O–H groups in total. The van der Waals surface area contributed by atoms with Gasteiger partial charge in [0.2, 0.25) is 0 Å². The molecule has 15 heavy (non-hydrogen) atoms. The number of fused-ring (bicyclic) bond motifs is 1. The van der Waals surface area contributed by atoms with Crippen LogP contribution in [0.2, 0.25) is 0 Å². The quantitative estimate of drug-likeness (QED) is 0.624. The van der Waals surface area contributed by atoms with Crippen LogP contribution in [0.3, 0.4) is 0 Å². The van der Waals surface area contributed by atoms with Crippen molar-refractivity contribution in [1.82, 2.24) is 15.2 Å². The Morgan fingerprint density at radius 1 is 1.20 bits per heavy atom. The highest BCUT2D eigenvalue weighted by Crippen LogP contribution is 2.29. The monoisotopic (exact) mass is 201 g/mol. The highest BCUT2D eigenvalue weighted by atomic mass is 19.1. The number of H-pyrrole nitrogens is 2. The van der Waals surface area contributed by atoms with Crippen molar-refractivity contribution in [3.05, 3.63) is 42.6 Å². The molecule has 4 heteroatoms. The lowest BCUT2D eigenvalue weighted by Crippen LogP contribution is -1.77. The molecule has 74 valence electrons. The summed E-state index contributed by atoms with van der Waals surface area (Å²) in [6.45, 7) is 0. The van der Waals surface area contributed by atoms with Gasteiger partial charge in [-0.1, -0.05) is 6.07 Å². The summed E-state index contributed by atoms with van der Waals surface area (Å²) in [6.07, 6.45) is 5.21. The number of rotatable bonds is 1. The number of benzene rings is 1. The Kier molecular flexibility index (Phi) is 1.62. The van der Waals surface area contributed by atoms with E-state index < -0.39 is 0 Å². The third-order valence-electron chi connectivity index (χ3n) is 2.46. The first-order chi connectivity index (χ1) is 7.36. The predicted octanol–water partition coefficient (Wildman–Crippen LogP) is 2.70. The second-order valence-electron chi connectivity index (χ2n) is 3.35. The Morgan fingerprint density at radius 3 is 2.93 bits per heavy atom. The van der Waals surface area contributed by atoms with Gasteiger partial charge in [-0.05, 0) is 12.1 Å². The number of nitrogens with one attached hydrogen (secondary N) is 2. The summed E-state index contributed by atoms with van der Waals surface area (Å²) in [5, 5.41) is 7.18. The van der Waals surface area contributed by atoms with E-state index in [1.807, 2.05) is 6.07 Å². The molecule has 3 nitrogen and oxygen atoms in total. The Labute approximate surface area is 84.9 Å². The molecule has 2 heterocycles. The summed E-state index contributed by atoms with van der Waals surface area (Å²) >= 11 is 0. The van der Waals surface area contributed by atoms with Gasteiger partial charge in [-0.15, -0.1) is 0 Å². The van der Waals surface area contributed by atoms with E-state index in [0.717, 1.165) is 16.6 Å². The van der Waals surface area contributed by atoms with Gasteiger partial charge < -0.3 is 4.98 Å². The zero-order valence-corrected chi connectivity index (χ0v) is 7.79. The Bertz CT molecular complexity index is 595. The molecule has 2 aromatic heterocycles. The molecule has 0 radical (unpaired) electrons. The van der Waals surface area contributed by atoms with Crippen molar-refractivity contribution in [1.29, 1.82) is 0 Å². The Morgan fingerprint density at radius 2 is 2.13 bits per heavy atom. The van der Waals surface area contributed by atoms with E-state index in [2.05, 4.69) is 15.2 Å². The Balaban J connectivity index is 2.37. The van der Waals surface area contributed by atoms with Crippen LogP contribution in [0, 0.1) is 5.82 Å². The molecule has 0 aliphatic carbocycles. The summed E-state index contributed by atoms with van der Waals surface area (Å²) < 4.78 is 13.6. The van der Waals surface area contributed by atoms with Gasteiger partial charge in [0.15, 0.2) is 0 Å². The van der Waals surface area contributed by atoms with Crippen LogP contribution in [-0.2, 0) is 0 Å². The van der Waals surface area contributed by atoms with E-state index in [9.17, 15) is 4.39 Å². The third kappa shape index (κ3) is 1.15. The van der Waals surface area contributed by atoms with Gasteiger partial charge in [-0.25, -0.2) is 4.39 Å². The smallest absolute Gasteiger partial charge is 0.133 e. The number of aromatic nitrogens is 3. The maximum absolute atomic E-state index is 13.6. The van der Waals surface area contributed by atoms with Crippen molar-refractivity contribution in [3.63, 3.8) is 0 Å². The molecule has 0 unspecified atom stereocenters. The lowest BCUT2D eigenvalue weighted by atomic mass is 10.1. The summed E-state index contributed by atoms with van der Waals surface area (Å²) in [5.74, 6) is -0.218. The van der Waals surface area contributed by atoms with E-state index in [1.165, 1.54) is 6.07 Å². The number of nitrogens with zero attached hydrogens (tertiary/aromatic N) is 1. The van der Waals surface area contributed by atoms with Crippen LogP contribution in [0.25, 0.3) is 22.0 Å². The van der Waals surface area contributed by atoms with Gasteiger partial charge in [0.25, 0.3) is 0 Å². The van der Waals surface area contributed by atoms with Crippen molar-refractivity contribution >= 4 is 10.9 Å². The Hall–Kier alpha value is -2.10. The molecular formula is C11H8FN3. The topological polar surface area (TPSA) is 44.5 Å². The van der Waals surface area contributed by atoms with Gasteiger partial charge in [0.1, 0.15) is 5.82 Å². The van der Waals surface area contributed by atoms with Crippen molar-refractivity contribution in [2.45, 2.75) is 0 Å². The van der Waals surface area contributed by atoms with E-state index >= 15 is 0 Å². The molecule has 0 amide bonds. The number of hydrogen-bond acceptors (Lipinski definition) is 1. The minimum atomic E-state index is -0.218. The number of aromatic amines is 2. The molecule has 0 saturated heterocycles. The van der Waals surface area contributed by atoms with Crippen LogP contribution in [0.15, 0.2) is 36.8 Å². The second-order valence-corrected chi connectivity index (χ2v) is 3.35. The lowest BCUT2D eigenvalue weighted by Gasteiger charge is -1.95. The minimum Gasteiger partial charge on any atom is -0.360 e. The average molecular weight is 201 g/mol. The molecule has 0 fully saturated rings. The fourth-order valence-corrected chi connectivity index (χ4v) is 1.77. The first kappa shape index (κ1) is 8.23. The van der Waals surface area contributed by atoms with Gasteiger partial charge in [-0.3, -0.25) is 5.10 Å². The van der Waals surface area contributed by atoms with Crippen LogP contribution < -0.4 is 0 Å². The van der Waals surface area contributed by atoms with E-state index in [4.69, 9.17) is 0 Å². The standard InChI is InChI=1S/C11H8FN3/c12-9-2-1-3-10-11(9)8(6-13-10)7-4-14-15-5-7/h1-6,13H,(H,14,15). The van der Waals surface area contributed by atoms with Crippen molar-refractivity contribution in [3.8, 4) is 11.1 Å². The van der Waals surface area contributed by atoms with E-state index in [0.29, 0.717) is 5.39 Å². The molecule has 0 aliphatic rings. The first-order valence-corrected chi connectivity index (χ1v) is 4.61. The second kappa shape index (κ2) is 2.95. The molecule has 0 atom stereocenters. The first-order valence-electron chi connectivity index (χ1n) is 4.61. The van der Waals surface area contributed by atoms with Crippen LogP contribution >= 0.6 is 0 Å². The predicted molar refractivity (Wildman–Crippen MR) is 55.8 cm³/mol.